The Hall–Kier alpha value is -3.46. The zero-order chi connectivity index (χ0) is 25.5. The summed E-state index contributed by atoms with van der Waals surface area (Å²) in [6.07, 6.45) is -0.688. The van der Waals surface area contributed by atoms with E-state index in [-0.39, 0.29) is 40.4 Å². The largest absolute Gasteiger partial charge is 0.486 e. The minimum Gasteiger partial charge on any atom is -0.486 e. The fraction of sp³-hybridized carbons (Fsp3) is 0.269. The Morgan fingerprint density at radius 3 is 2.54 bits per heavy atom. The zero-order valence-corrected chi connectivity index (χ0v) is 20.3. The minimum absolute atomic E-state index is 0.0187. The molecule has 4 rings (SSSR count). The first-order valence-electron chi connectivity index (χ1n) is 11.0. The number of ether oxygens (including phenoxy) is 1. The van der Waals surface area contributed by atoms with Crippen molar-refractivity contribution in [3.05, 3.63) is 77.9 Å². The van der Waals surface area contributed by atoms with Crippen LogP contribution in [-0.4, -0.2) is 32.1 Å². The number of carboxylic acids is 1. The number of sulfonamides is 1. The molecule has 1 atom stereocenters. The number of hydrogen-bond donors (Lipinski definition) is 1. The fourth-order valence-electron chi connectivity index (χ4n) is 4.09. The van der Waals surface area contributed by atoms with Gasteiger partial charge in [0.05, 0.1) is 22.5 Å². The summed E-state index contributed by atoms with van der Waals surface area (Å²) in [6, 6.07) is 13.9. The molecule has 1 aliphatic rings. The number of aryl methyl sites for hydroxylation is 1. The quantitative estimate of drug-likeness (QED) is 0.489. The van der Waals surface area contributed by atoms with Crippen LogP contribution in [0, 0.1) is 24.0 Å². The van der Waals surface area contributed by atoms with Gasteiger partial charge in [0, 0.05) is 12.0 Å². The standard InChI is InChI=1S/C26H25F2NO5S/c1-16-5-4-6-20(11-16)35(32,33)29-15-19(14-26(2,3)25(30)31)34-24-10-7-17(12-23(24)29)21-13-18(27)8-9-22(21)28/h4-13,19H,14-15H2,1-3H3,(H,30,31)/t19-/m1/s1. The molecule has 0 saturated carbocycles. The SMILES string of the molecule is Cc1cccc(S(=O)(=O)N2C[C@@H](CC(C)(C)C(=O)O)Oc3ccc(-c4cc(F)ccc4F)cc32)c1. The predicted molar refractivity (Wildman–Crippen MR) is 128 cm³/mol. The average molecular weight is 502 g/mol. The lowest BCUT2D eigenvalue weighted by Gasteiger charge is -2.38. The first-order valence-corrected chi connectivity index (χ1v) is 12.4. The van der Waals surface area contributed by atoms with E-state index in [2.05, 4.69) is 0 Å². The van der Waals surface area contributed by atoms with Gasteiger partial charge in [-0.15, -0.1) is 0 Å². The van der Waals surface area contributed by atoms with Gasteiger partial charge < -0.3 is 9.84 Å². The van der Waals surface area contributed by atoms with E-state index in [0.29, 0.717) is 0 Å². The molecule has 0 aromatic heterocycles. The van der Waals surface area contributed by atoms with Crippen molar-refractivity contribution in [2.75, 3.05) is 10.8 Å². The molecule has 0 spiro atoms. The van der Waals surface area contributed by atoms with Crippen LogP contribution in [0.2, 0.25) is 0 Å². The van der Waals surface area contributed by atoms with Gasteiger partial charge in [0.25, 0.3) is 10.0 Å². The first kappa shape index (κ1) is 24.7. The highest BCUT2D eigenvalue weighted by Crippen LogP contribution is 2.42. The van der Waals surface area contributed by atoms with Crippen molar-refractivity contribution in [1.29, 1.82) is 0 Å². The van der Waals surface area contributed by atoms with Crippen LogP contribution in [0.15, 0.2) is 65.6 Å². The lowest BCUT2D eigenvalue weighted by atomic mass is 9.86. The second-order valence-corrected chi connectivity index (χ2v) is 11.2. The van der Waals surface area contributed by atoms with Gasteiger partial charge in [0.2, 0.25) is 0 Å². The molecule has 0 bridgehead atoms. The van der Waals surface area contributed by atoms with Crippen molar-refractivity contribution in [3.63, 3.8) is 0 Å². The summed E-state index contributed by atoms with van der Waals surface area (Å²) in [5.41, 5.74) is 0.00895. The van der Waals surface area contributed by atoms with E-state index in [4.69, 9.17) is 4.74 Å². The lowest BCUT2D eigenvalue weighted by Crippen LogP contribution is -2.46. The van der Waals surface area contributed by atoms with E-state index in [1.54, 1.807) is 32.9 Å². The zero-order valence-electron chi connectivity index (χ0n) is 19.5. The average Bonchev–Trinajstić information content (AvgIpc) is 2.79. The fourth-order valence-corrected chi connectivity index (χ4v) is 5.70. The van der Waals surface area contributed by atoms with E-state index < -0.39 is 39.1 Å². The van der Waals surface area contributed by atoms with Crippen molar-refractivity contribution < 1.29 is 31.8 Å². The van der Waals surface area contributed by atoms with Gasteiger partial charge in [-0.05, 0) is 74.4 Å². The Balaban J connectivity index is 1.84. The first-order chi connectivity index (χ1) is 16.4. The number of benzene rings is 3. The number of carboxylic acid groups (broad SMARTS) is 1. The number of carbonyl (C=O) groups is 1. The highest BCUT2D eigenvalue weighted by molar-refractivity contribution is 7.92. The minimum atomic E-state index is -4.09. The van der Waals surface area contributed by atoms with Crippen molar-refractivity contribution in [2.45, 2.75) is 38.2 Å². The Bertz CT molecular complexity index is 1400. The molecule has 0 amide bonds. The Kier molecular flexibility index (Phi) is 6.31. The third kappa shape index (κ3) is 4.86. The van der Waals surface area contributed by atoms with Gasteiger partial charge in [-0.3, -0.25) is 9.10 Å². The smallest absolute Gasteiger partial charge is 0.309 e. The van der Waals surface area contributed by atoms with E-state index in [1.165, 1.54) is 30.3 Å². The highest BCUT2D eigenvalue weighted by Gasteiger charge is 2.39. The van der Waals surface area contributed by atoms with Crippen LogP contribution < -0.4 is 9.04 Å². The van der Waals surface area contributed by atoms with Crippen LogP contribution in [0.25, 0.3) is 11.1 Å². The van der Waals surface area contributed by atoms with Crippen LogP contribution in [0.5, 0.6) is 5.75 Å². The topological polar surface area (TPSA) is 83.9 Å². The van der Waals surface area contributed by atoms with Gasteiger partial charge in [0.15, 0.2) is 0 Å². The predicted octanol–water partition coefficient (Wildman–Crippen LogP) is 5.40. The lowest BCUT2D eigenvalue weighted by molar-refractivity contribution is -0.148. The molecule has 3 aromatic rings. The summed E-state index contributed by atoms with van der Waals surface area (Å²) in [5, 5.41) is 9.56. The summed E-state index contributed by atoms with van der Waals surface area (Å²) < 4.78 is 62.9. The molecule has 6 nitrogen and oxygen atoms in total. The van der Waals surface area contributed by atoms with Crippen LogP contribution in [0.4, 0.5) is 14.5 Å². The number of halogens is 2. The molecule has 9 heteroatoms. The maximum Gasteiger partial charge on any atom is 0.309 e. The summed E-state index contributed by atoms with van der Waals surface area (Å²) in [5.74, 6) is -2.11. The van der Waals surface area contributed by atoms with E-state index in [0.717, 1.165) is 28.1 Å². The second-order valence-electron chi connectivity index (χ2n) is 9.29. The molecule has 0 aliphatic carbocycles. The number of anilines is 1. The third-order valence-electron chi connectivity index (χ3n) is 6.02. The highest BCUT2D eigenvalue weighted by atomic mass is 32.2. The molecule has 0 saturated heterocycles. The molecule has 1 N–H and O–H groups in total. The Labute approximate surface area is 202 Å². The summed E-state index contributed by atoms with van der Waals surface area (Å²) in [6.45, 7) is 4.72. The monoisotopic (exact) mass is 501 g/mol. The molecule has 0 radical (unpaired) electrons. The van der Waals surface area contributed by atoms with E-state index in [1.807, 2.05) is 0 Å². The van der Waals surface area contributed by atoms with Crippen molar-refractivity contribution in [2.24, 2.45) is 5.41 Å². The number of aliphatic carboxylic acids is 1. The number of hydrogen-bond acceptors (Lipinski definition) is 4. The molecule has 3 aromatic carbocycles. The van der Waals surface area contributed by atoms with Crippen LogP contribution in [0.3, 0.4) is 0 Å². The van der Waals surface area contributed by atoms with Crippen LogP contribution >= 0.6 is 0 Å². The number of nitrogens with zero attached hydrogens (tertiary/aromatic N) is 1. The summed E-state index contributed by atoms with van der Waals surface area (Å²) >= 11 is 0. The number of fused-ring (bicyclic) bond motifs is 1. The molecule has 0 fully saturated rings. The van der Waals surface area contributed by atoms with Crippen LogP contribution in [0.1, 0.15) is 25.8 Å². The van der Waals surface area contributed by atoms with Gasteiger partial charge in [-0.2, -0.15) is 0 Å². The van der Waals surface area contributed by atoms with Crippen molar-refractivity contribution >= 4 is 21.7 Å². The van der Waals surface area contributed by atoms with Gasteiger partial charge >= 0.3 is 5.97 Å². The van der Waals surface area contributed by atoms with Gasteiger partial charge in [0.1, 0.15) is 23.5 Å². The maximum atomic E-state index is 14.5. The molecule has 1 aliphatic heterocycles. The molecule has 0 unspecified atom stereocenters. The van der Waals surface area contributed by atoms with Crippen molar-refractivity contribution in [3.8, 4) is 16.9 Å². The Morgan fingerprint density at radius 2 is 1.86 bits per heavy atom. The van der Waals surface area contributed by atoms with Gasteiger partial charge in [-0.1, -0.05) is 18.2 Å². The Morgan fingerprint density at radius 1 is 1.11 bits per heavy atom. The van der Waals surface area contributed by atoms with Gasteiger partial charge in [-0.25, -0.2) is 17.2 Å². The van der Waals surface area contributed by atoms with Crippen LogP contribution in [-0.2, 0) is 14.8 Å². The van der Waals surface area contributed by atoms with Crippen molar-refractivity contribution in [1.82, 2.24) is 0 Å². The van der Waals surface area contributed by atoms with E-state index >= 15 is 0 Å². The molecular weight excluding hydrogens is 476 g/mol. The maximum absolute atomic E-state index is 14.5. The summed E-state index contributed by atoms with van der Waals surface area (Å²) in [4.78, 5) is 11.7. The third-order valence-corrected chi connectivity index (χ3v) is 7.80. The number of rotatable bonds is 6. The summed E-state index contributed by atoms with van der Waals surface area (Å²) in [7, 11) is -4.09. The molecule has 35 heavy (non-hydrogen) atoms. The van der Waals surface area contributed by atoms with E-state index in [9.17, 15) is 27.1 Å². The second kappa shape index (κ2) is 8.96. The molecule has 1 heterocycles. The molecular formula is C26H25F2NO5S. The normalized spacial score (nSPS) is 15.9. The molecule has 184 valence electrons.